The van der Waals surface area contributed by atoms with Crippen molar-refractivity contribution in [1.29, 1.82) is 0 Å². The Balaban J connectivity index is 1.13. The summed E-state index contributed by atoms with van der Waals surface area (Å²) in [4.78, 5) is 0. The Morgan fingerprint density at radius 2 is 0.830 bits per heavy atom. The number of nitrogens with zero attached hydrogens (tertiary/aromatic N) is 2. The fourth-order valence-electron chi connectivity index (χ4n) is 8.93. The number of hydrogen-bond acceptors (Lipinski definition) is 1. The molecule has 12 rings (SSSR count). The first kappa shape index (κ1) is 29.0. The minimum atomic E-state index is 1.21. The van der Waals surface area contributed by atoms with Crippen LogP contribution in [0.3, 0.4) is 0 Å². The van der Waals surface area contributed by atoms with Gasteiger partial charge >= 0.3 is 0 Å². The molecule has 2 nitrogen and oxygen atoms in total. The van der Waals surface area contributed by atoms with Gasteiger partial charge in [-0.2, -0.15) is 0 Å². The molecule has 3 heteroatoms. The van der Waals surface area contributed by atoms with Gasteiger partial charge in [-0.15, -0.1) is 11.3 Å². The first-order valence-corrected chi connectivity index (χ1v) is 19.0. The smallest absolute Gasteiger partial charge is 0.0720 e. The van der Waals surface area contributed by atoms with Gasteiger partial charge < -0.3 is 9.13 Å². The Kier molecular flexibility index (Phi) is 5.96. The maximum Gasteiger partial charge on any atom is 0.0720 e. The number of para-hydroxylation sites is 1. The highest BCUT2D eigenvalue weighted by atomic mass is 32.1. The highest BCUT2D eigenvalue weighted by Crippen LogP contribution is 2.45. The van der Waals surface area contributed by atoms with Crippen LogP contribution < -0.4 is 0 Å². The molecule has 9 aromatic carbocycles. The van der Waals surface area contributed by atoms with Crippen LogP contribution in [0.15, 0.2) is 182 Å². The van der Waals surface area contributed by atoms with Crippen LogP contribution in [0.1, 0.15) is 0 Å². The van der Waals surface area contributed by atoms with E-state index >= 15 is 0 Å². The van der Waals surface area contributed by atoms with Crippen molar-refractivity contribution in [2.75, 3.05) is 0 Å². The van der Waals surface area contributed by atoms with Gasteiger partial charge in [0.25, 0.3) is 0 Å². The predicted molar refractivity (Wildman–Crippen MR) is 228 cm³/mol. The molecule has 0 saturated heterocycles. The minimum Gasteiger partial charge on any atom is -0.309 e. The second kappa shape index (κ2) is 10.9. The monoisotopic (exact) mass is 690 g/mol. The lowest BCUT2D eigenvalue weighted by molar-refractivity contribution is 1.20. The Morgan fingerprint density at radius 3 is 1.55 bits per heavy atom. The molecular formula is C50H30N2S. The zero-order chi connectivity index (χ0) is 34.6. The van der Waals surface area contributed by atoms with E-state index in [4.69, 9.17) is 0 Å². The molecule has 0 bridgehead atoms. The molecule has 53 heavy (non-hydrogen) atoms. The van der Waals surface area contributed by atoms with Gasteiger partial charge in [-0.1, -0.05) is 133 Å². The van der Waals surface area contributed by atoms with Gasteiger partial charge in [0.2, 0.25) is 0 Å². The van der Waals surface area contributed by atoms with Crippen LogP contribution in [0.5, 0.6) is 0 Å². The SMILES string of the molecule is c1ccc2c(-n3c4ccccc4c4cc(-c5ccc6c(c5)c5ccc7c8ccccc8sc7c5n6-c5cccc6ccccc56)ccc43)cccc2c1. The Labute approximate surface area is 309 Å². The molecule has 3 aromatic heterocycles. The third kappa shape index (κ3) is 4.08. The predicted octanol–water partition coefficient (Wildman–Crippen LogP) is 14.2. The largest absolute Gasteiger partial charge is 0.309 e. The molecule has 0 aliphatic carbocycles. The summed E-state index contributed by atoms with van der Waals surface area (Å²) in [6.07, 6.45) is 0. The molecule has 0 aliphatic heterocycles. The highest BCUT2D eigenvalue weighted by Gasteiger charge is 2.20. The van der Waals surface area contributed by atoms with E-state index < -0.39 is 0 Å². The third-order valence-electron chi connectivity index (χ3n) is 11.3. The number of aromatic nitrogens is 2. The fourth-order valence-corrected chi connectivity index (χ4v) is 10.2. The lowest BCUT2D eigenvalue weighted by Crippen LogP contribution is -1.95. The van der Waals surface area contributed by atoms with E-state index in [-0.39, 0.29) is 0 Å². The van der Waals surface area contributed by atoms with Crippen LogP contribution in [0.25, 0.3) is 108 Å². The second-order valence-corrected chi connectivity index (χ2v) is 15.1. The second-order valence-electron chi connectivity index (χ2n) is 14.1. The molecule has 0 aliphatic rings. The van der Waals surface area contributed by atoms with Crippen LogP contribution in [0, 0.1) is 0 Å². The zero-order valence-electron chi connectivity index (χ0n) is 28.6. The molecule has 0 fully saturated rings. The summed E-state index contributed by atoms with van der Waals surface area (Å²) < 4.78 is 7.61. The van der Waals surface area contributed by atoms with Crippen molar-refractivity contribution in [3.63, 3.8) is 0 Å². The Bertz CT molecular complexity index is 3460. The zero-order valence-corrected chi connectivity index (χ0v) is 29.4. The summed E-state index contributed by atoms with van der Waals surface area (Å²) in [5, 5.41) is 12.7. The molecule has 3 heterocycles. The molecule has 0 amide bonds. The van der Waals surface area contributed by atoms with Gasteiger partial charge in [0.1, 0.15) is 0 Å². The standard InChI is InChI=1S/C50H30N2S/c1-3-15-35-31(11-1)13-9-20-43(35)51-45-19-7-5-17-37(45)41-29-33(23-27-46(41)51)34-24-28-47-42(30-34)39-25-26-40-38-18-6-8-22-48(38)53-50(40)49(39)52(47)44-21-10-14-32-12-2-4-16-36(32)44/h1-30H. The maximum absolute atomic E-state index is 2.52. The number of benzene rings is 9. The highest BCUT2D eigenvalue weighted by molar-refractivity contribution is 7.26. The van der Waals surface area contributed by atoms with Crippen LogP contribution in [0.4, 0.5) is 0 Å². The van der Waals surface area contributed by atoms with E-state index in [0.717, 1.165) is 0 Å². The lowest BCUT2D eigenvalue weighted by Gasteiger charge is -2.12. The van der Waals surface area contributed by atoms with E-state index in [0.29, 0.717) is 0 Å². The van der Waals surface area contributed by atoms with E-state index in [1.54, 1.807) is 0 Å². The van der Waals surface area contributed by atoms with E-state index in [1.807, 2.05) is 11.3 Å². The number of hydrogen-bond donors (Lipinski definition) is 0. The van der Waals surface area contributed by atoms with Gasteiger partial charge in [-0.3, -0.25) is 0 Å². The van der Waals surface area contributed by atoms with Crippen molar-refractivity contribution in [3.05, 3.63) is 182 Å². The van der Waals surface area contributed by atoms with E-state index in [2.05, 4.69) is 191 Å². The Morgan fingerprint density at radius 1 is 0.321 bits per heavy atom. The van der Waals surface area contributed by atoms with Gasteiger partial charge in [0.15, 0.2) is 0 Å². The van der Waals surface area contributed by atoms with E-state index in [9.17, 15) is 0 Å². The maximum atomic E-state index is 2.52. The molecular weight excluding hydrogens is 661 g/mol. The molecule has 0 radical (unpaired) electrons. The average molecular weight is 691 g/mol. The quantitative estimate of drug-likeness (QED) is 0.175. The van der Waals surface area contributed by atoms with Crippen LogP contribution in [-0.2, 0) is 0 Å². The normalized spacial score (nSPS) is 12.2. The lowest BCUT2D eigenvalue weighted by atomic mass is 10.0. The third-order valence-corrected chi connectivity index (χ3v) is 12.5. The van der Waals surface area contributed by atoms with Crippen molar-refractivity contribution in [2.24, 2.45) is 0 Å². The van der Waals surface area contributed by atoms with Gasteiger partial charge in [0, 0.05) is 47.8 Å². The first-order chi connectivity index (χ1) is 26.3. The molecule has 0 atom stereocenters. The number of rotatable bonds is 3. The number of thiophene rings is 1. The van der Waals surface area contributed by atoms with Gasteiger partial charge in [-0.05, 0) is 70.4 Å². The van der Waals surface area contributed by atoms with Crippen molar-refractivity contribution in [3.8, 4) is 22.5 Å². The molecule has 0 unspecified atom stereocenters. The summed E-state index contributed by atoms with van der Waals surface area (Å²) >= 11 is 1.90. The van der Waals surface area contributed by atoms with Gasteiger partial charge in [-0.25, -0.2) is 0 Å². The molecule has 0 saturated carbocycles. The minimum absolute atomic E-state index is 1.21. The van der Waals surface area contributed by atoms with Crippen molar-refractivity contribution in [2.45, 2.75) is 0 Å². The topological polar surface area (TPSA) is 9.86 Å². The number of fused-ring (bicyclic) bond motifs is 12. The summed E-state index contributed by atoms with van der Waals surface area (Å²) in [6.45, 7) is 0. The molecule has 12 aromatic rings. The van der Waals surface area contributed by atoms with Crippen molar-refractivity contribution >= 4 is 96.7 Å². The van der Waals surface area contributed by atoms with Gasteiger partial charge in [0.05, 0.1) is 38.1 Å². The summed E-state index contributed by atoms with van der Waals surface area (Å²) in [5.74, 6) is 0. The molecule has 0 N–H and O–H groups in total. The first-order valence-electron chi connectivity index (χ1n) is 18.2. The molecule has 246 valence electrons. The summed E-state index contributed by atoms with van der Waals surface area (Å²) in [6, 6.07) is 67.2. The molecule has 0 spiro atoms. The van der Waals surface area contributed by atoms with E-state index in [1.165, 1.54) is 108 Å². The van der Waals surface area contributed by atoms with Crippen LogP contribution >= 0.6 is 11.3 Å². The Hall–Kier alpha value is -6.68. The average Bonchev–Trinajstić information content (AvgIpc) is 3.88. The van der Waals surface area contributed by atoms with Crippen LogP contribution in [0.2, 0.25) is 0 Å². The fraction of sp³-hybridized carbons (Fsp3) is 0. The summed E-state index contributed by atoms with van der Waals surface area (Å²) in [5.41, 5.74) is 9.79. The summed E-state index contributed by atoms with van der Waals surface area (Å²) in [7, 11) is 0. The van der Waals surface area contributed by atoms with Crippen molar-refractivity contribution in [1.82, 2.24) is 9.13 Å². The van der Waals surface area contributed by atoms with Crippen molar-refractivity contribution < 1.29 is 0 Å². The van der Waals surface area contributed by atoms with Crippen LogP contribution in [-0.4, -0.2) is 9.13 Å².